The van der Waals surface area contributed by atoms with Crippen LogP contribution >= 0.6 is 11.8 Å². The number of carbonyl (C=O) groups is 1. The van der Waals surface area contributed by atoms with Gasteiger partial charge in [0.2, 0.25) is 0 Å². The van der Waals surface area contributed by atoms with Crippen molar-refractivity contribution in [1.29, 1.82) is 0 Å². The number of hydrogen-bond donors (Lipinski definition) is 1. The summed E-state index contributed by atoms with van der Waals surface area (Å²) in [6, 6.07) is 27.5. The van der Waals surface area contributed by atoms with Gasteiger partial charge in [-0.2, -0.15) is 0 Å². The SMILES string of the molecule is COC(=O)[C@H]1O[C@@H](Sc2ccc(C)cc2)[C@H](OCc2ccccc2)[C@@H](OCc2ccccc2)[C@@H]1O. The summed E-state index contributed by atoms with van der Waals surface area (Å²) in [4.78, 5) is 13.5. The van der Waals surface area contributed by atoms with Gasteiger partial charge in [-0.1, -0.05) is 90.1 Å². The van der Waals surface area contributed by atoms with Crippen LogP contribution in [0.4, 0.5) is 0 Å². The van der Waals surface area contributed by atoms with Crippen LogP contribution in [0.3, 0.4) is 0 Å². The van der Waals surface area contributed by atoms with E-state index in [4.69, 9.17) is 18.9 Å². The lowest BCUT2D eigenvalue weighted by Gasteiger charge is -2.43. The van der Waals surface area contributed by atoms with Crippen molar-refractivity contribution in [2.75, 3.05) is 7.11 Å². The lowest BCUT2D eigenvalue weighted by Crippen LogP contribution is -2.60. The molecule has 184 valence electrons. The van der Waals surface area contributed by atoms with Crippen molar-refractivity contribution in [1.82, 2.24) is 0 Å². The lowest BCUT2D eigenvalue weighted by atomic mass is 9.99. The second-order valence-corrected chi connectivity index (χ2v) is 9.56. The van der Waals surface area contributed by atoms with E-state index in [0.717, 1.165) is 21.6 Å². The molecule has 1 aliphatic heterocycles. The molecule has 7 heteroatoms. The number of aliphatic hydroxyl groups is 1. The van der Waals surface area contributed by atoms with E-state index in [0.29, 0.717) is 6.61 Å². The van der Waals surface area contributed by atoms with Crippen LogP contribution in [0.1, 0.15) is 16.7 Å². The Hall–Kier alpha value is -2.68. The number of methoxy groups -OCH3 is 1. The average Bonchev–Trinajstić information content (AvgIpc) is 2.90. The second-order valence-electron chi connectivity index (χ2n) is 8.39. The number of rotatable bonds is 9. The van der Waals surface area contributed by atoms with Crippen molar-refractivity contribution >= 4 is 17.7 Å². The minimum atomic E-state index is -1.26. The molecule has 1 fully saturated rings. The van der Waals surface area contributed by atoms with Crippen molar-refractivity contribution in [3.8, 4) is 0 Å². The molecular weight excluding hydrogens is 464 g/mol. The number of hydrogen-bond acceptors (Lipinski definition) is 7. The molecule has 0 aromatic heterocycles. The fraction of sp³-hybridized carbons (Fsp3) is 0.321. The summed E-state index contributed by atoms with van der Waals surface area (Å²) in [5, 5.41) is 11.2. The standard InChI is InChI=1S/C28H30O6S/c1-19-13-15-22(16-14-19)35-28-26(33-18-21-11-7-4-8-12-21)24(23(29)25(34-28)27(30)31-2)32-17-20-9-5-3-6-10-20/h3-16,23-26,28-29H,17-18H2,1-2H3/t23-,24-,25-,26+,28-/m0/s1. The van der Waals surface area contributed by atoms with Crippen molar-refractivity contribution < 1.29 is 28.8 Å². The Kier molecular flexibility index (Phi) is 8.95. The molecule has 35 heavy (non-hydrogen) atoms. The van der Waals surface area contributed by atoms with E-state index < -0.39 is 35.8 Å². The topological polar surface area (TPSA) is 74.2 Å². The first kappa shape index (κ1) is 25.4. The van der Waals surface area contributed by atoms with Crippen LogP contribution in [0, 0.1) is 6.92 Å². The maximum atomic E-state index is 12.5. The molecule has 0 spiro atoms. The zero-order chi connectivity index (χ0) is 24.6. The maximum Gasteiger partial charge on any atom is 0.337 e. The molecule has 0 unspecified atom stereocenters. The summed E-state index contributed by atoms with van der Waals surface area (Å²) >= 11 is 1.43. The van der Waals surface area contributed by atoms with Gasteiger partial charge < -0.3 is 24.1 Å². The second kappa shape index (κ2) is 12.3. The number of benzene rings is 3. The first-order chi connectivity index (χ1) is 17.0. The minimum absolute atomic E-state index is 0.254. The number of aliphatic hydroxyl groups excluding tert-OH is 1. The Balaban J connectivity index is 1.61. The summed E-state index contributed by atoms with van der Waals surface area (Å²) < 4.78 is 23.6. The van der Waals surface area contributed by atoms with Crippen LogP contribution in [0.2, 0.25) is 0 Å². The molecule has 5 atom stereocenters. The van der Waals surface area contributed by atoms with E-state index in [2.05, 4.69) is 0 Å². The molecule has 0 saturated carbocycles. The highest BCUT2D eigenvalue weighted by Gasteiger charge is 2.50. The molecule has 6 nitrogen and oxygen atoms in total. The zero-order valence-electron chi connectivity index (χ0n) is 19.8. The number of ether oxygens (including phenoxy) is 4. The zero-order valence-corrected chi connectivity index (χ0v) is 20.6. The molecule has 1 N–H and O–H groups in total. The third-order valence-corrected chi connectivity index (χ3v) is 6.95. The minimum Gasteiger partial charge on any atom is -0.467 e. The van der Waals surface area contributed by atoms with Gasteiger partial charge in [0, 0.05) is 4.90 Å². The smallest absolute Gasteiger partial charge is 0.337 e. The molecule has 1 aliphatic rings. The van der Waals surface area contributed by atoms with Gasteiger partial charge in [-0.05, 0) is 30.2 Å². The predicted octanol–water partition coefficient (Wildman–Crippen LogP) is 4.52. The highest BCUT2D eigenvalue weighted by molar-refractivity contribution is 7.99. The van der Waals surface area contributed by atoms with Crippen LogP contribution < -0.4 is 0 Å². The van der Waals surface area contributed by atoms with E-state index in [1.54, 1.807) is 0 Å². The van der Waals surface area contributed by atoms with E-state index in [-0.39, 0.29) is 6.61 Å². The van der Waals surface area contributed by atoms with Crippen LogP contribution in [0.15, 0.2) is 89.8 Å². The Labute approximate surface area is 210 Å². The lowest BCUT2D eigenvalue weighted by molar-refractivity contribution is -0.236. The summed E-state index contributed by atoms with van der Waals surface area (Å²) in [6.07, 6.45) is -3.93. The maximum absolute atomic E-state index is 12.5. The number of esters is 1. The van der Waals surface area contributed by atoms with Gasteiger partial charge in [-0.25, -0.2) is 4.79 Å². The largest absolute Gasteiger partial charge is 0.467 e. The highest BCUT2D eigenvalue weighted by atomic mass is 32.2. The predicted molar refractivity (Wildman–Crippen MR) is 134 cm³/mol. The first-order valence-corrected chi connectivity index (χ1v) is 12.4. The molecule has 4 rings (SSSR count). The number of aryl methyl sites for hydroxylation is 1. The van der Waals surface area contributed by atoms with Gasteiger partial charge in [0.25, 0.3) is 0 Å². The third-order valence-electron chi connectivity index (χ3n) is 5.80. The summed E-state index contributed by atoms with van der Waals surface area (Å²) in [5.41, 5.74) is 2.46. The fourth-order valence-corrected chi connectivity index (χ4v) is 4.99. The quantitative estimate of drug-likeness (QED) is 0.439. The third kappa shape index (κ3) is 6.72. The average molecular weight is 495 g/mol. The number of carbonyl (C=O) groups excluding carboxylic acids is 1. The molecule has 0 radical (unpaired) electrons. The summed E-state index contributed by atoms with van der Waals surface area (Å²) in [6.45, 7) is 2.58. The van der Waals surface area contributed by atoms with Gasteiger partial charge in [0.1, 0.15) is 23.7 Å². The Morgan fingerprint density at radius 3 is 1.94 bits per heavy atom. The van der Waals surface area contributed by atoms with Crippen LogP contribution in [0.25, 0.3) is 0 Å². The molecule has 1 heterocycles. The summed E-state index contributed by atoms with van der Waals surface area (Å²) in [5.74, 6) is -0.651. The molecule has 0 aliphatic carbocycles. The van der Waals surface area contributed by atoms with Gasteiger partial charge in [-0.3, -0.25) is 0 Å². The van der Waals surface area contributed by atoms with Crippen LogP contribution in [0.5, 0.6) is 0 Å². The fourth-order valence-electron chi connectivity index (χ4n) is 3.88. The Morgan fingerprint density at radius 1 is 0.857 bits per heavy atom. The normalized spacial score (nSPS) is 24.1. The number of thioether (sulfide) groups is 1. The highest BCUT2D eigenvalue weighted by Crippen LogP contribution is 2.37. The van der Waals surface area contributed by atoms with Gasteiger partial charge >= 0.3 is 5.97 Å². The van der Waals surface area contributed by atoms with Crippen LogP contribution in [-0.2, 0) is 37.0 Å². The van der Waals surface area contributed by atoms with E-state index in [9.17, 15) is 9.90 Å². The van der Waals surface area contributed by atoms with Gasteiger partial charge in [-0.15, -0.1) is 0 Å². The van der Waals surface area contributed by atoms with Gasteiger partial charge in [0.05, 0.1) is 20.3 Å². The molecule has 0 amide bonds. The van der Waals surface area contributed by atoms with Gasteiger partial charge in [0.15, 0.2) is 6.10 Å². The molecule has 0 bridgehead atoms. The van der Waals surface area contributed by atoms with Crippen molar-refractivity contribution in [2.45, 2.75) is 54.9 Å². The van der Waals surface area contributed by atoms with Crippen molar-refractivity contribution in [2.24, 2.45) is 0 Å². The van der Waals surface area contributed by atoms with Crippen molar-refractivity contribution in [3.05, 3.63) is 102 Å². The van der Waals surface area contributed by atoms with E-state index in [1.165, 1.54) is 18.9 Å². The van der Waals surface area contributed by atoms with Crippen LogP contribution in [-0.4, -0.2) is 48.0 Å². The monoisotopic (exact) mass is 494 g/mol. The Morgan fingerprint density at radius 2 is 1.40 bits per heavy atom. The first-order valence-electron chi connectivity index (χ1n) is 11.5. The summed E-state index contributed by atoms with van der Waals surface area (Å²) in [7, 11) is 1.28. The molecular formula is C28H30O6S. The molecule has 1 saturated heterocycles. The molecule has 3 aromatic carbocycles. The van der Waals surface area contributed by atoms with Crippen molar-refractivity contribution in [3.63, 3.8) is 0 Å². The van der Waals surface area contributed by atoms with E-state index >= 15 is 0 Å². The van der Waals surface area contributed by atoms with E-state index in [1.807, 2.05) is 91.9 Å². The molecule has 3 aromatic rings. The Bertz CT molecular complexity index is 1060.